The van der Waals surface area contributed by atoms with Crippen LogP contribution in [0.15, 0.2) is 28.8 Å². The fourth-order valence-electron chi connectivity index (χ4n) is 1.19. The summed E-state index contributed by atoms with van der Waals surface area (Å²) < 4.78 is 4.91. The van der Waals surface area contributed by atoms with E-state index in [4.69, 9.17) is 16.1 Å². The van der Waals surface area contributed by atoms with Gasteiger partial charge in [0.2, 0.25) is 0 Å². The number of nitrogens with zero attached hydrogens (tertiary/aromatic N) is 2. The summed E-state index contributed by atoms with van der Waals surface area (Å²) in [6, 6.07) is 8.02. The van der Waals surface area contributed by atoms with E-state index in [2.05, 4.69) is 15.5 Å². The highest BCUT2D eigenvalue weighted by molar-refractivity contribution is 6.30. The minimum absolute atomic E-state index is 0.424. The van der Waals surface area contributed by atoms with E-state index in [0.717, 1.165) is 10.6 Å². The van der Waals surface area contributed by atoms with Crippen molar-refractivity contribution in [2.75, 3.05) is 5.32 Å². The zero-order valence-corrected chi connectivity index (χ0v) is 8.95. The van der Waals surface area contributed by atoms with Gasteiger partial charge in [0.15, 0.2) is 5.82 Å². The molecule has 0 aliphatic carbocycles. The van der Waals surface area contributed by atoms with Gasteiger partial charge >= 0.3 is 6.01 Å². The van der Waals surface area contributed by atoms with Crippen molar-refractivity contribution in [2.45, 2.75) is 13.5 Å². The second kappa shape index (κ2) is 4.31. The Morgan fingerprint density at radius 2 is 2.33 bits per heavy atom. The van der Waals surface area contributed by atoms with Crippen LogP contribution >= 0.6 is 11.6 Å². The lowest BCUT2D eigenvalue weighted by Crippen LogP contribution is -1.99. The molecule has 0 aliphatic rings. The number of hydrogen-bond acceptors (Lipinski definition) is 4. The maximum atomic E-state index is 5.85. The molecule has 0 saturated heterocycles. The van der Waals surface area contributed by atoms with E-state index in [1.54, 1.807) is 6.92 Å². The van der Waals surface area contributed by atoms with E-state index in [9.17, 15) is 0 Å². The predicted octanol–water partition coefficient (Wildman–Crippen LogP) is 2.64. The average Bonchev–Trinajstić information content (AvgIpc) is 2.62. The molecule has 0 radical (unpaired) electrons. The van der Waals surface area contributed by atoms with Crippen molar-refractivity contribution in [3.05, 3.63) is 40.7 Å². The van der Waals surface area contributed by atoms with Gasteiger partial charge < -0.3 is 9.84 Å². The van der Waals surface area contributed by atoms with E-state index >= 15 is 0 Å². The number of halogens is 1. The fourth-order valence-corrected chi connectivity index (χ4v) is 1.41. The minimum Gasteiger partial charge on any atom is -0.334 e. The summed E-state index contributed by atoms with van der Waals surface area (Å²) in [6.07, 6.45) is 0. The molecule has 0 spiro atoms. The van der Waals surface area contributed by atoms with Gasteiger partial charge in [-0.2, -0.15) is 4.98 Å². The van der Waals surface area contributed by atoms with E-state index in [0.29, 0.717) is 18.4 Å². The largest absolute Gasteiger partial charge is 0.334 e. The van der Waals surface area contributed by atoms with Crippen molar-refractivity contribution in [3.8, 4) is 0 Å². The van der Waals surface area contributed by atoms with Crippen LogP contribution in [0.1, 0.15) is 11.4 Å². The maximum absolute atomic E-state index is 5.85. The van der Waals surface area contributed by atoms with Gasteiger partial charge in [-0.3, -0.25) is 0 Å². The van der Waals surface area contributed by atoms with Crippen molar-refractivity contribution in [2.24, 2.45) is 0 Å². The van der Waals surface area contributed by atoms with Gasteiger partial charge in [-0.1, -0.05) is 28.9 Å². The molecule has 5 heteroatoms. The molecule has 0 atom stereocenters. The number of aromatic nitrogens is 2. The highest BCUT2D eigenvalue weighted by Gasteiger charge is 2.01. The summed E-state index contributed by atoms with van der Waals surface area (Å²) in [7, 11) is 0. The first kappa shape index (κ1) is 9.98. The molecule has 1 aromatic carbocycles. The molecule has 2 aromatic rings. The third-order valence-corrected chi connectivity index (χ3v) is 2.10. The second-order valence-corrected chi connectivity index (χ2v) is 3.57. The summed E-state index contributed by atoms with van der Waals surface area (Å²) in [4.78, 5) is 4.03. The maximum Gasteiger partial charge on any atom is 0.321 e. The molecule has 0 bridgehead atoms. The van der Waals surface area contributed by atoms with E-state index in [1.165, 1.54) is 0 Å². The fraction of sp³-hybridized carbons (Fsp3) is 0.200. The Balaban J connectivity index is 1.99. The second-order valence-electron chi connectivity index (χ2n) is 3.13. The summed E-state index contributed by atoms with van der Waals surface area (Å²) in [5.41, 5.74) is 1.07. The Bertz CT molecular complexity index is 455. The first-order valence-corrected chi connectivity index (χ1v) is 4.90. The van der Waals surface area contributed by atoms with Crippen LogP contribution in [0.25, 0.3) is 0 Å². The molecule has 1 aromatic heterocycles. The minimum atomic E-state index is 0.424. The van der Waals surface area contributed by atoms with Crippen LogP contribution in [0.5, 0.6) is 0 Å². The van der Waals surface area contributed by atoms with Crippen LogP contribution < -0.4 is 5.32 Å². The third kappa shape index (κ3) is 2.70. The van der Waals surface area contributed by atoms with Crippen LogP contribution in [-0.2, 0) is 6.54 Å². The molecule has 78 valence electrons. The monoisotopic (exact) mass is 223 g/mol. The van der Waals surface area contributed by atoms with Crippen LogP contribution in [-0.4, -0.2) is 10.1 Å². The molecule has 4 nitrogen and oxygen atoms in total. The highest BCUT2D eigenvalue weighted by Crippen LogP contribution is 2.12. The lowest BCUT2D eigenvalue weighted by atomic mass is 10.2. The average molecular weight is 224 g/mol. The van der Waals surface area contributed by atoms with E-state index in [-0.39, 0.29) is 0 Å². The summed E-state index contributed by atoms with van der Waals surface area (Å²) in [6.45, 7) is 2.39. The molecular weight excluding hydrogens is 214 g/mol. The number of aryl methyl sites for hydroxylation is 1. The normalized spacial score (nSPS) is 10.3. The lowest BCUT2D eigenvalue weighted by molar-refractivity contribution is 0.425. The topological polar surface area (TPSA) is 51.0 Å². The highest BCUT2D eigenvalue weighted by atomic mass is 35.5. The standard InChI is InChI=1S/C10H10ClN3O/c1-7-13-10(15-14-7)12-6-8-3-2-4-9(11)5-8/h2-5H,6H2,1H3,(H,12,13,14). The zero-order valence-electron chi connectivity index (χ0n) is 8.20. The summed E-state index contributed by atoms with van der Waals surface area (Å²) >= 11 is 5.85. The summed E-state index contributed by atoms with van der Waals surface area (Å²) in [5, 5.41) is 7.40. The van der Waals surface area contributed by atoms with E-state index in [1.807, 2.05) is 24.3 Å². The van der Waals surface area contributed by atoms with Crippen molar-refractivity contribution in [3.63, 3.8) is 0 Å². The van der Waals surface area contributed by atoms with Gasteiger partial charge in [0, 0.05) is 11.6 Å². The van der Waals surface area contributed by atoms with Crippen LogP contribution in [0.3, 0.4) is 0 Å². The Kier molecular flexibility index (Phi) is 2.87. The Morgan fingerprint density at radius 1 is 1.47 bits per heavy atom. The Morgan fingerprint density at radius 3 is 3.00 bits per heavy atom. The number of nitrogens with one attached hydrogen (secondary N) is 1. The lowest BCUT2D eigenvalue weighted by Gasteiger charge is -2.01. The molecule has 0 aliphatic heterocycles. The van der Waals surface area contributed by atoms with Crippen LogP contribution in [0.2, 0.25) is 5.02 Å². The molecule has 0 amide bonds. The van der Waals surface area contributed by atoms with Gasteiger partial charge in [0.1, 0.15) is 0 Å². The van der Waals surface area contributed by atoms with Gasteiger partial charge in [-0.05, 0) is 24.6 Å². The SMILES string of the molecule is Cc1noc(NCc2cccc(Cl)c2)n1. The zero-order chi connectivity index (χ0) is 10.7. The molecule has 15 heavy (non-hydrogen) atoms. The van der Waals surface area contributed by atoms with Crippen molar-refractivity contribution >= 4 is 17.6 Å². The molecule has 2 rings (SSSR count). The van der Waals surface area contributed by atoms with Crippen molar-refractivity contribution in [1.29, 1.82) is 0 Å². The first-order chi connectivity index (χ1) is 7.24. The molecule has 0 fully saturated rings. The third-order valence-electron chi connectivity index (χ3n) is 1.86. The Labute approximate surface area is 92.3 Å². The first-order valence-electron chi connectivity index (χ1n) is 4.52. The molecule has 1 heterocycles. The quantitative estimate of drug-likeness (QED) is 0.869. The molecule has 1 N–H and O–H groups in total. The van der Waals surface area contributed by atoms with Gasteiger partial charge in [0.05, 0.1) is 0 Å². The van der Waals surface area contributed by atoms with Crippen molar-refractivity contribution < 1.29 is 4.52 Å². The predicted molar refractivity (Wildman–Crippen MR) is 57.8 cm³/mol. The number of anilines is 1. The number of benzene rings is 1. The summed E-state index contributed by atoms with van der Waals surface area (Å²) in [5.74, 6) is 0.614. The Hall–Kier alpha value is -1.55. The molecule has 0 unspecified atom stereocenters. The number of hydrogen-bond donors (Lipinski definition) is 1. The van der Waals surface area contributed by atoms with Gasteiger partial charge in [0.25, 0.3) is 0 Å². The molecule has 0 saturated carbocycles. The van der Waals surface area contributed by atoms with Crippen LogP contribution in [0, 0.1) is 6.92 Å². The smallest absolute Gasteiger partial charge is 0.321 e. The van der Waals surface area contributed by atoms with Gasteiger partial charge in [-0.15, -0.1) is 0 Å². The van der Waals surface area contributed by atoms with Crippen LogP contribution in [0.4, 0.5) is 6.01 Å². The van der Waals surface area contributed by atoms with E-state index < -0.39 is 0 Å². The molecular formula is C10H10ClN3O. The van der Waals surface area contributed by atoms with Gasteiger partial charge in [-0.25, -0.2) is 0 Å². The van der Waals surface area contributed by atoms with Crippen molar-refractivity contribution in [1.82, 2.24) is 10.1 Å². The number of rotatable bonds is 3.